The van der Waals surface area contributed by atoms with Crippen molar-refractivity contribution < 1.29 is 28.6 Å². The molecule has 1 aliphatic rings. The van der Waals surface area contributed by atoms with Crippen molar-refractivity contribution >= 4 is 34.7 Å². The van der Waals surface area contributed by atoms with E-state index in [9.17, 15) is 19.1 Å². The molecule has 1 aliphatic heterocycles. The number of halogens is 2. The van der Waals surface area contributed by atoms with E-state index < -0.39 is 23.5 Å². The lowest BCUT2D eigenvalue weighted by molar-refractivity contribution is -0.132. The first-order valence-electron chi connectivity index (χ1n) is 9.90. The Labute approximate surface area is 194 Å². The minimum Gasteiger partial charge on any atom is -0.507 e. The quantitative estimate of drug-likeness (QED) is 0.320. The highest BCUT2D eigenvalue weighted by atomic mass is 35.5. The van der Waals surface area contributed by atoms with Gasteiger partial charge in [0, 0.05) is 11.3 Å². The molecule has 1 heterocycles. The molecule has 4 rings (SSSR count). The maximum atomic E-state index is 13.5. The highest BCUT2D eigenvalue weighted by molar-refractivity contribution is 6.51. The number of hydrogen-bond donors (Lipinski definition) is 1. The minimum absolute atomic E-state index is 0.123. The van der Waals surface area contributed by atoms with Gasteiger partial charge in [-0.1, -0.05) is 23.7 Å². The number of ketones is 1. The molecule has 3 aromatic carbocycles. The summed E-state index contributed by atoms with van der Waals surface area (Å²) in [7, 11) is 2.92. The first-order valence-corrected chi connectivity index (χ1v) is 10.3. The van der Waals surface area contributed by atoms with Gasteiger partial charge >= 0.3 is 0 Å². The molecule has 0 aromatic heterocycles. The van der Waals surface area contributed by atoms with Crippen molar-refractivity contribution in [2.45, 2.75) is 6.04 Å². The number of Topliss-reactive ketones (excluding diaryl/α,β-unsaturated/α-hetero) is 1. The molecular weight excluding hydrogens is 449 g/mol. The highest BCUT2D eigenvalue weighted by Gasteiger charge is 2.47. The summed E-state index contributed by atoms with van der Waals surface area (Å²) in [4.78, 5) is 27.5. The molecule has 0 saturated carbocycles. The Kier molecular flexibility index (Phi) is 6.07. The molecule has 1 atom stereocenters. The van der Waals surface area contributed by atoms with Gasteiger partial charge in [-0.2, -0.15) is 0 Å². The Balaban J connectivity index is 1.95. The fourth-order valence-electron chi connectivity index (χ4n) is 3.79. The third-order valence-corrected chi connectivity index (χ3v) is 5.70. The number of nitrogens with zero attached hydrogens (tertiary/aromatic N) is 1. The van der Waals surface area contributed by atoms with E-state index in [-0.39, 0.29) is 16.9 Å². The zero-order chi connectivity index (χ0) is 23.7. The van der Waals surface area contributed by atoms with Crippen molar-refractivity contribution in [3.05, 3.63) is 94.3 Å². The van der Waals surface area contributed by atoms with Gasteiger partial charge in [0.05, 0.1) is 30.9 Å². The van der Waals surface area contributed by atoms with E-state index >= 15 is 0 Å². The number of carbonyl (C=O) groups is 2. The van der Waals surface area contributed by atoms with Gasteiger partial charge in [-0.25, -0.2) is 4.39 Å². The molecule has 1 unspecified atom stereocenters. The number of aliphatic hydroxyl groups is 1. The van der Waals surface area contributed by atoms with E-state index in [1.807, 2.05) is 0 Å². The van der Waals surface area contributed by atoms with Crippen LogP contribution in [0.5, 0.6) is 11.5 Å². The Hall–Kier alpha value is -3.84. The number of benzene rings is 3. The molecule has 1 N–H and O–H groups in total. The molecule has 168 valence electrons. The predicted octanol–water partition coefficient (Wildman–Crippen LogP) is 5.12. The van der Waals surface area contributed by atoms with Crippen LogP contribution in [0.4, 0.5) is 10.1 Å². The molecule has 1 fully saturated rings. The zero-order valence-corrected chi connectivity index (χ0v) is 18.5. The molecule has 8 heteroatoms. The van der Waals surface area contributed by atoms with Crippen LogP contribution < -0.4 is 14.4 Å². The second-order valence-corrected chi connectivity index (χ2v) is 7.68. The van der Waals surface area contributed by atoms with E-state index in [1.165, 1.54) is 61.6 Å². The number of methoxy groups -OCH3 is 2. The molecule has 33 heavy (non-hydrogen) atoms. The number of aliphatic hydroxyl groups excluding tert-OH is 1. The molecule has 1 saturated heterocycles. The highest BCUT2D eigenvalue weighted by Crippen LogP contribution is 2.43. The van der Waals surface area contributed by atoms with E-state index in [4.69, 9.17) is 21.1 Å². The number of hydrogen-bond acceptors (Lipinski definition) is 5. The van der Waals surface area contributed by atoms with Crippen LogP contribution in [-0.2, 0) is 9.59 Å². The summed E-state index contributed by atoms with van der Waals surface area (Å²) in [5, 5.41) is 11.5. The maximum Gasteiger partial charge on any atom is 0.300 e. The number of ether oxygens (including phenoxy) is 2. The van der Waals surface area contributed by atoms with Gasteiger partial charge in [0.25, 0.3) is 11.7 Å². The number of amides is 1. The molecule has 0 radical (unpaired) electrons. The van der Waals surface area contributed by atoms with Crippen molar-refractivity contribution in [3.8, 4) is 11.5 Å². The molecule has 3 aromatic rings. The Morgan fingerprint density at radius 1 is 1.00 bits per heavy atom. The SMILES string of the molecule is COc1cccc(C2/C(=C(/O)c3ccc(Cl)c(OC)c3)C(=O)C(=O)N2c2ccc(F)cc2)c1. The van der Waals surface area contributed by atoms with Crippen molar-refractivity contribution in [1.82, 2.24) is 0 Å². The first-order chi connectivity index (χ1) is 15.8. The van der Waals surface area contributed by atoms with E-state index in [0.29, 0.717) is 27.8 Å². The van der Waals surface area contributed by atoms with Gasteiger partial charge in [-0.05, 0) is 60.2 Å². The van der Waals surface area contributed by atoms with Crippen LogP contribution in [0.25, 0.3) is 5.76 Å². The number of carbonyl (C=O) groups excluding carboxylic acids is 2. The summed E-state index contributed by atoms with van der Waals surface area (Å²) in [6, 6.07) is 15.6. The van der Waals surface area contributed by atoms with Gasteiger partial charge in [0.15, 0.2) is 0 Å². The van der Waals surface area contributed by atoms with Gasteiger partial charge in [0.2, 0.25) is 0 Å². The molecule has 0 bridgehead atoms. The Morgan fingerprint density at radius 2 is 1.73 bits per heavy atom. The van der Waals surface area contributed by atoms with Crippen molar-refractivity contribution in [2.24, 2.45) is 0 Å². The van der Waals surface area contributed by atoms with Gasteiger partial charge in [-0.3, -0.25) is 14.5 Å². The van der Waals surface area contributed by atoms with Crippen molar-refractivity contribution in [2.75, 3.05) is 19.1 Å². The Morgan fingerprint density at radius 3 is 2.39 bits per heavy atom. The van der Waals surface area contributed by atoms with Crippen molar-refractivity contribution in [3.63, 3.8) is 0 Å². The fraction of sp³-hybridized carbons (Fsp3) is 0.120. The summed E-state index contributed by atoms with van der Waals surface area (Å²) in [5.74, 6) is -1.80. The van der Waals surface area contributed by atoms with E-state index in [0.717, 1.165) is 0 Å². The average Bonchev–Trinajstić information content (AvgIpc) is 3.10. The number of anilines is 1. The summed E-state index contributed by atoms with van der Waals surface area (Å²) in [5.41, 5.74) is 0.961. The van der Waals surface area contributed by atoms with Crippen LogP contribution in [0.3, 0.4) is 0 Å². The van der Waals surface area contributed by atoms with E-state index in [2.05, 4.69) is 0 Å². The summed E-state index contributed by atoms with van der Waals surface area (Å²) >= 11 is 6.09. The molecule has 1 amide bonds. The zero-order valence-electron chi connectivity index (χ0n) is 17.7. The molecule has 0 spiro atoms. The Bertz CT molecular complexity index is 1270. The second-order valence-electron chi connectivity index (χ2n) is 7.27. The van der Waals surface area contributed by atoms with Gasteiger partial charge in [-0.15, -0.1) is 0 Å². The average molecular weight is 468 g/mol. The topological polar surface area (TPSA) is 76.1 Å². The number of rotatable bonds is 5. The van der Waals surface area contributed by atoms with E-state index in [1.54, 1.807) is 24.3 Å². The van der Waals surface area contributed by atoms with Crippen LogP contribution in [0.2, 0.25) is 5.02 Å². The monoisotopic (exact) mass is 467 g/mol. The minimum atomic E-state index is -0.979. The fourth-order valence-corrected chi connectivity index (χ4v) is 3.98. The van der Waals surface area contributed by atoms with Gasteiger partial charge in [0.1, 0.15) is 23.1 Å². The standard InChI is InChI=1S/C25H19ClFNO5/c1-32-18-5-3-4-14(12-18)22-21(23(29)15-6-11-19(26)20(13-15)33-2)24(30)25(31)28(22)17-9-7-16(27)8-10-17/h3-13,22,29H,1-2H3/b23-21-. The lowest BCUT2D eigenvalue weighted by atomic mass is 9.95. The predicted molar refractivity (Wildman–Crippen MR) is 122 cm³/mol. The smallest absolute Gasteiger partial charge is 0.300 e. The van der Waals surface area contributed by atoms with Gasteiger partial charge < -0.3 is 14.6 Å². The molecule has 0 aliphatic carbocycles. The van der Waals surface area contributed by atoms with Crippen LogP contribution in [0.1, 0.15) is 17.2 Å². The van der Waals surface area contributed by atoms with Crippen LogP contribution >= 0.6 is 11.6 Å². The second kappa shape index (κ2) is 8.96. The lowest BCUT2D eigenvalue weighted by Gasteiger charge is -2.25. The molecular formula is C25H19ClFNO5. The third kappa shape index (κ3) is 4.03. The molecule has 6 nitrogen and oxygen atoms in total. The summed E-state index contributed by atoms with van der Waals surface area (Å²) < 4.78 is 24.0. The lowest BCUT2D eigenvalue weighted by Crippen LogP contribution is -2.29. The van der Waals surface area contributed by atoms with Crippen LogP contribution in [-0.4, -0.2) is 31.0 Å². The summed E-state index contributed by atoms with van der Waals surface area (Å²) in [6.45, 7) is 0. The maximum absolute atomic E-state index is 13.5. The van der Waals surface area contributed by atoms with Crippen LogP contribution in [0.15, 0.2) is 72.3 Å². The first kappa shape index (κ1) is 22.4. The largest absolute Gasteiger partial charge is 0.507 e. The van der Waals surface area contributed by atoms with Crippen LogP contribution in [0, 0.1) is 5.82 Å². The van der Waals surface area contributed by atoms with Crippen molar-refractivity contribution in [1.29, 1.82) is 0 Å². The third-order valence-electron chi connectivity index (χ3n) is 5.38. The normalized spacial score (nSPS) is 17.3. The summed E-state index contributed by atoms with van der Waals surface area (Å²) in [6.07, 6.45) is 0.